The maximum absolute atomic E-state index is 13.2. The van der Waals surface area contributed by atoms with Gasteiger partial charge in [0.1, 0.15) is 0 Å². The molecule has 0 aromatic carbocycles. The quantitative estimate of drug-likeness (QED) is 0.390. The number of hydrogen-bond acceptors (Lipinski definition) is 6. The molecule has 184 valence electrons. The van der Waals surface area contributed by atoms with Gasteiger partial charge in [0.15, 0.2) is 0 Å². The van der Waals surface area contributed by atoms with E-state index in [-0.39, 0.29) is 17.6 Å². The molecule has 32 heavy (non-hydrogen) atoms. The lowest BCUT2D eigenvalue weighted by molar-refractivity contribution is -0.171. The van der Waals surface area contributed by atoms with Gasteiger partial charge in [0, 0.05) is 11.8 Å². The zero-order valence-corrected chi connectivity index (χ0v) is 21.4. The first-order valence-electron chi connectivity index (χ1n) is 13.4. The van der Waals surface area contributed by atoms with Crippen molar-refractivity contribution in [1.82, 2.24) is 10.6 Å². The molecule has 4 aliphatic carbocycles. The fraction of sp³-hybridized carbons (Fsp3) is 0.962. The molecule has 0 aromatic rings. The highest BCUT2D eigenvalue weighted by Crippen LogP contribution is 2.60. The summed E-state index contributed by atoms with van der Waals surface area (Å²) in [4.78, 5) is 13.2. The van der Waals surface area contributed by atoms with Gasteiger partial charge in [-0.3, -0.25) is 10.1 Å². The molecular formula is C26H47N3O2S. The van der Waals surface area contributed by atoms with Crippen LogP contribution < -0.4 is 16.4 Å². The SMILES string of the molecule is CCSC(CCOC(=O)C12CC3CC(CC(C3)C1)C2)C(C)CCCC1CNC(C)NC1N. The fourth-order valence-corrected chi connectivity index (χ4v) is 8.79. The van der Waals surface area contributed by atoms with Crippen LogP contribution in [0.15, 0.2) is 0 Å². The minimum Gasteiger partial charge on any atom is -0.465 e. The first-order chi connectivity index (χ1) is 15.4. The molecule has 4 bridgehead atoms. The van der Waals surface area contributed by atoms with E-state index in [0.717, 1.165) is 55.7 Å². The molecule has 5 fully saturated rings. The van der Waals surface area contributed by atoms with Crippen molar-refractivity contribution in [3.8, 4) is 0 Å². The Labute approximate surface area is 200 Å². The van der Waals surface area contributed by atoms with Crippen molar-refractivity contribution in [3.63, 3.8) is 0 Å². The van der Waals surface area contributed by atoms with Crippen molar-refractivity contribution in [1.29, 1.82) is 0 Å². The second-order valence-electron chi connectivity index (χ2n) is 11.6. The second-order valence-corrected chi connectivity index (χ2v) is 13.1. The smallest absolute Gasteiger partial charge is 0.312 e. The lowest BCUT2D eigenvalue weighted by Crippen LogP contribution is -2.60. The molecule has 4 saturated carbocycles. The molecule has 5 rings (SSSR count). The molecule has 1 aliphatic heterocycles. The predicted molar refractivity (Wildman–Crippen MR) is 133 cm³/mol. The molecule has 0 aromatic heterocycles. The van der Waals surface area contributed by atoms with Gasteiger partial charge in [-0.1, -0.05) is 20.3 Å². The Kier molecular flexibility index (Phi) is 8.50. The minimum absolute atomic E-state index is 0.103. The van der Waals surface area contributed by atoms with Crippen LogP contribution in [-0.4, -0.2) is 42.5 Å². The van der Waals surface area contributed by atoms with E-state index < -0.39 is 0 Å². The average molecular weight is 466 g/mol. The predicted octanol–water partition coefficient (Wildman–Crippen LogP) is 4.50. The van der Waals surface area contributed by atoms with Crippen molar-refractivity contribution < 1.29 is 9.53 Å². The molecule has 0 amide bonds. The lowest BCUT2D eigenvalue weighted by Gasteiger charge is -2.55. The van der Waals surface area contributed by atoms with Crippen molar-refractivity contribution >= 4 is 17.7 Å². The maximum atomic E-state index is 13.2. The molecule has 1 heterocycles. The topological polar surface area (TPSA) is 76.4 Å². The van der Waals surface area contributed by atoms with Gasteiger partial charge in [-0.2, -0.15) is 11.8 Å². The molecule has 6 heteroatoms. The molecule has 4 N–H and O–H groups in total. The Bertz CT molecular complexity index is 595. The normalized spacial score (nSPS) is 40.2. The van der Waals surface area contributed by atoms with E-state index >= 15 is 0 Å². The van der Waals surface area contributed by atoms with Crippen molar-refractivity contribution in [2.24, 2.45) is 40.7 Å². The highest BCUT2D eigenvalue weighted by atomic mass is 32.2. The Morgan fingerprint density at radius 2 is 1.81 bits per heavy atom. The molecule has 0 radical (unpaired) electrons. The van der Waals surface area contributed by atoms with E-state index in [9.17, 15) is 4.79 Å². The van der Waals surface area contributed by atoms with Crippen LogP contribution >= 0.6 is 11.8 Å². The molecule has 5 aliphatic rings. The number of carbonyl (C=O) groups is 1. The lowest BCUT2D eigenvalue weighted by atomic mass is 9.49. The highest BCUT2D eigenvalue weighted by molar-refractivity contribution is 7.99. The number of ether oxygens (including phenoxy) is 1. The van der Waals surface area contributed by atoms with E-state index in [1.807, 2.05) is 11.8 Å². The first-order valence-corrected chi connectivity index (χ1v) is 14.5. The number of esters is 1. The summed E-state index contributed by atoms with van der Waals surface area (Å²) in [6.07, 6.45) is 12.4. The zero-order chi connectivity index (χ0) is 22.7. The summed E-state index contributed by atoms with van der Waals surface area (Å²) in [5, 5.41) is 7.47. The van der Waals surface area contributed by atoms with Gasteiger partial charge >= 0.3 is 5.97 Å². The van der Waals surface area contributed by atoms with Gasteiger partial charge in [0.25, 0.3) is 0 Å². The monoisotopic (exact) mass is 465 g/mol. The molecule has 0 spiro atoms. The maximum Gasteiger partial charge on any atom is 0.312 e. The summed E-state index contributed by atoms with van der Waals surface area (Å²) < 4.78 is 5.99. The van der Waals surface area contributed by atoms with E-state index in [1.165, 1.54) is 38.5 Å². The second kappa shape index (κ2) is 11.0. The van der Waals surface area contributed by atoms with Crippen LogP contribution in [0, 0.1) is 35.0 Å². The fourth-order valence-electron chi connectivity index (χ4n) is 7.64. The highest BCUT2D eigenvalue weighted by Gasteiger charge is 2.55. The van der Waals surface area contributed by atoms with Crippen molar-refractivity contribution in [2.45, 2.75) is 103 Å². The van der Waals surface area contributed by atoms with E-state index in [4.69, 9.17) is 10.5 Å². The molecule has 5 nitrogen and oxygen atoms in total. The summed E-state index contributed by atoms with van der Waals surface area (Å²) in [6.45, 7) is 8.36. The van der Waals surface area contributed by atoms with Crippen LogP contribution in [0.25, 0.3) is 0 Å². The van der Waals surface area contributed by atoms with E-state index in [1.54, 1.807) is 0 Å². The number of nitrogens with one attached hydrogen (secondary N) is 2. The minimum atomic E-state index is -0.119. The third-order valence-electron chi connectivity index (χ3n) is 8.99. The van der Waals surface area contributed by atoms with Crippen molar-refractivity contribution in [2.75, 3.05) is 18.9 Å². The summed E-state index contributed by atoms with van der Waals surface area (Å²) in [7, 11) is 0. The van der Waals surface area contributed by atoms with Crippen LogP contribution in [0.4, 0.5) is 0 Å². The third kappa shape index (κ3) is 5.84. The van der Waals surface area contributed by atoms with Gasteiger partial charge in [0.05, 0.1) is 24.4 Å². The van der Waals surface area contributed by atoms with Crippen LogP contribution in [0.5, 0.6) is 0 Å². The largest absolute Gasteiger partial charge is 0.465 e. The Balaban J connectivity index is 1.19. The van der Waals surface area contributed by atoms with Crippen LogP contribution in [0.3, 0.4) is 0 Å². The summed E-state index contributed by atoms with van der Waals surface area (Å²) in [5.74, 6) is 4.80. The summed E-state index contributed by atoms with van der Waals surface area (Å²) in [6, 6.07) is 0. The van der Waals surface area contributed by atoms with E-state index in [0.29, 0.717) is 29.9 Å². The number of thioether (sulfide) groups is 1. The summed E-state index contributed by atoms with van der Waals surface area (Å²) >= 11 is 2.04. The molecular weight excluding hydrogens is 418 g/mol. The van der Waals surface area contributed by atoms with Gasteiger partial charge in [-0.15, -0.1) is 0 Å². The average Bonchev–Trinajstić information content (AvgIpc) is 2.73. The van der Waals surface area contributed by atoms with Crippen molar-refractivity contribution in [3.05, 3.63) is 0 Å². The van der Waals surface area contributed by atoms with Crippen LogP contribution in [0.1, 0.15) is 85.0 Å². The molecule has 5 atom stereocenters. The van der Waals surface area contributed by atoms with Crippen LogP contribution in [-0.2, 0) is 9.53 Å². The molecule has 5 unspecified atom stereocenters. The number of rotatable bonds is 11. The summed E-state index contributed by atoms with van der Waals surface area (Å²) in [5.41, 5.74) is 6.17. The van der Waals surface area contributed by atoms with Gasteiger partial charge in [-0.25, -0.2) is 0 Å². The van der Waals surface area contributed by atoms with Gasteiger partial charge in [-0.05, 0) is 100 Å². The number of hydrogen-bond donors (Lipinski definition) is 3. The van der Waals surface area contributed by atoms with Gasteiger partial charge < -0.3 is 15.8 Å². The molecule has 1 saturated heterocycles. The standard InChI is InChI=1S/C26H47N3O2S/c1-4-32-23(17(2)6-5-7-22-16-28-18(3)29-24(22)27)8-9-31-25(30)26-13-19-10-20(14-26)12-21(11-19)15-26/h17-24,28-29H,4-16,27H2,1-3H3. The Morgan fingerprint density at radius 1 is 1.16 bits per heavy atom. The van der Waals surface area contributed by atoms with E-state index in [2.05, 4.69) is 31.4 Å². The number of carbonyl (C=O) groups excluding carboxylic acids is 1. The van der Waals surface area contributed by atoms with Crippen LogP contribution in [0.2, 0.25) is 0 Å². The van der Waals surface area contributed by atoms with Gasteiger partial charge in [0.2, 0.25) is 0 Å². The third-order valence-corrected chi connectivity index (χ3v) is 10.5. The Hall–Kier alpha value is -0.300. The number of nitrogens with two attached hydrogens (primary N) is 1. The zero-order valence-electron chi connectivity index (χ0n) is 20.6. The first kappa shape index (κ1) is 24.8. The Morgan fingerprint density at radius 3 is 2.41 bits per heavy atom.